The lowest BCUT2D eigenvalue weighted by Gasteiger charge is -2.13. The molecular formula is C13H16F3NO2. The molecule has 0 radical (unpaired) electrons. The van der Waals surface area contributed by atoms with E-state index in [0.717, 1.165) is 6.07 Å². The van der Waals surface area contributed by atoms with Gasteiger partial charge in [0.05, 0.1) is 11.7 Å². The number of hydrogen-bond donors (Lipinski definition) is 1. The lowest BCUT2D eigenvalue weighted by atomic mass is 10.1. The topological polar surface area (TPSA) is 38.3 Å². The summed E-state index contributed by atoms with van der Waals surface area (Å²) in [6.45, 7) is 4.71. The summed E-state index contributed by atoms with van der Waals surface area (Å²) in [7, 11) is 0. The summed E-state index contributed by atoms with van der Waals surface area (Å²) in [5, 5.41) is 2.37. The first-order valence-electron chi connectivity index (χ1n) is 5.79. The molecular weight excluding hydrogens is 259 g/mol. The first kappa shape index (κ1) is 15.5. The van der Waals surface area contributed by atoms with Crippen molar-refractivity contribution < 1.29 is 22.7 Å². The van der Waals surface area contributed by atoms with Crippen LogP contribution in [-0.4, -0.2) is 18.6 Å². The number of rotatable bonds is 4. The monoisotopic (exact) mass is 275 g/mol. The third-order valence-electron chi connectivity index (χ3n) is 2.37. The Labute approximate surface area is 109 Å². The van der Waals surface area contributed by atoms with Crippen LogP contribution in [0.25, 0.3) is 0 Å². The Morgan fingerprint density at radius 3 is 2.53 bits per heavy atom. The fourth-order valence-electron chi connectivity index (χ4n) is 1.44. The van der Waals surface area contributed by atoms with Gasteiger partial charge in [0.1, 0.15) is 6.61 Å². The SMILES string of the molecule is Cc1ccc(NC(=O)COC(C)C)cc1C(F)(F)F. The smallest absolute Gasteiger partial charge is 0.369 e. The van der Waals surface area contributed by atoms with E-state index in [1.165, 1.54) is 19.1 Å². The summed E-state index contributed by atoms with van der Waals surface area (Å²) in [5.41, 5.74) is -0.533. The average Bonchev–Trinajstić information content (AvgIpc) is 2.27. The molecule has 106 valence electrons. The summed E-state index contributed by atoms with van der Waals surface area (Å²) in [5.74, 6) is -0.481. The van der Waals surface area contributed by atoms with Crippen molar-refractivity contribution in [3.8, 4) is 0 Å². The van der Waals surface area contributed by atoms with Crippen LogP contribution in [0.15, 0.2) is 18.2 Å². The summed E-state index contributed by atoms with van der Waals surface area (Å²) in [6, 6.07) is 3.67. The van der Waals surface area contributed by atoms with Gasteiger partial charge in [-0.3, -0.25) is 4.79 Å². The van der Waals surface area contributed by atoms with Gasteiger partial charge >= 0.3 is 6.18 Å². The summed E-state index contributed by atoms with van der Waals surface area (Å²) >= 11 is 0. The van der Waals surface area contributed by atoms with E-state index in [0.29, 0.717) is 0 Å². The number of carbonyl (C=O) groups excluding carboxylic acids is 1. The van der Waals surface area contributed by atoms with Crippen LogP contribution in [0.2, 0.25) is 0 Å². The Balaban J connectivity index is 2.78. The first-order chi connectivity index (χ1) is 8.70. The molecule has 19 heavy (non-hydrogen) atoms. The second-order valence-electron chi connectivity index (χ2n) is 4.44. The number of carbonyl (C=O) groups is 1. The minimum Gasteiger partial charge on any atom is -0.369 e. The standard InChI is InChI=1S/C13H16F3NO2/c1-8(2)19-7-12(18)17-10-5-4-9(3)11(6-10)13(14,15)16/h4-6,8H,7H2,1-3H3,(H,17,18). The molecule has 0 unspecified atom stereocenters. The third-order valence-corrected chi connectivity index (χ3v) is 2.37. The molecule has 0 fully saturated rings. The van der Waals surface area contributed by atoms with E-state index in [2.05, 4.69) is 5.32 Å². The Morgan fingerprint density at radius 1 is 1.37 bits per heavy atom. The van der Waals surface area contributed by atoms with E-state index < -0.39 is 17.6 Å². The lowest BCUT2D eigenvalue weighted by Crippen LogP contribution is -2.21. The second kappa shape index (κ2) is 6.06. The van der Waals surface area contributed by atoms with Crippen molar-refractivity contribution >= 4 is 11.6 Å². The highest BCUT2D eigenvalue weighted by Gasteiger charge is 2.32. The van der Waals surface area contributed by atoms with Gasteiger partial charge in [-0.2, -0.15) is 13.2 Å². The van der Waals surface area contributed by atoms with E-state index in [1.807, 2.05) is 0 Å². The zero-order valence-corrected chi connectivity index (χ0v) is 11.0. The first-order valence-corrected chi connectivity index (χ1v) is 5.79. The molecule has 1 rings (SSSR count). The summed E-state index contributed by atoms with van der Waals surface area (Å²) in [6.07, 6.45) is -4.55. The number of hydrogen-bond acceptors (Lipinski definition) is 2. The largest absolute Gasteiger partial charge is 0.416 e. The number of aryl methyl sites for hydroxylation is 1. The molecule has 0 heterocycles. The van der Waals surface area contributed by atoms with Crippen LogP contribution in [0, 0.1) is 6.92 Å². The molecule has 0 aliphatic heterocycles. The molecule has 0 saturated carbocycles. The fraction of sp³-hybridized carbons (Fsp3) is 0.462. The van der Waals surface area contributed by atoms with Crippen molar-refractivity contribution in [2.24, 2.45) is 0 Å². The van der Waals surface area contributed by atoms with Gasteiger partial charge in [0.2, 0.25) is 5.91 Å². The zero-order chi connectivity index (χ0) is 14.6. The van der Waals surface area contributed by atoms with Gasteiger partial charge in [0.25, 0.3) is 0 Å². The molecule has 0 saturated heterocycles. The molecule has 0 aromatic heterocycles. The Bertz CT molecular complexity index is 456. The number of halogens is 3. The van der Waals surface area contributed by atoms with Crippen LogP contribution in [0.5, 0.6) is 0 Å². The maximum atomic E-state index is 12.7. The van der Waals surface area contributed by atoms with E-state index in [4.69, 9.17) is 4.74 Å². The molecule has 3 nitrogen and oxygen atoms in total. The van der Waals surface area contributed by atoms with Crippen LogP contribution < -0.4 is 5.32 Å². The van der Waals surface area contributed by atoms with Crippen molar-refractivity contribution in [1.82, 2.24) is 0 Å². The molecule has 0 spiro atoms. The van der Waals surface area contributed by atoms with Crippen LogP contribution in [0.3, 0.4) is 0 Å². The molecule has 0 aliphatic carbocycles. The van der Waals surface area contributed by atoms with E-state index >= 15 is 0 Å². The predicted octanol–water partition coefficient (Wildman–Crippen LogP) is 3.38. The van der Waals surface area contributed by atoms with Gasteiger partial charge in [-0.15, -0.1) is 0 Å². The maximum absolute atomic E-state index is 12.7. The molecule has 0 atom stereocenters. The Morgan fingerprint density at radius 2 is 2.00 bits per heavy atom. The molecule has 1 aromatic carbocycles. The van der Waals surface area contributed by atoms with E-state index in [-0.39, 0.29) is 24.0 Å². The van der Waals surface area contributed by atoms with Crippen molar-refractivity contribution in [3.05, 3.63) is 29.3 Å². The summed E-state index contributed by atoms with van der Waals surface area (Å²) < 4.78 is 43.1. The second-order valence-corrected chi connectivity index (χ2v) is 4.44. The van der Waals surface area contributed by atoms with E-state index in [1.54, 1.807) is 13.8 Å². The van der Waals surface area contributed by atoms with E-state index in [9.17, 15) is 18.0 Å². The lowest BCUT2D eigenvalue weighted by molar-refractivity contribution is -0.138. The number of amides is 1. The van der Waals surface area contributed by atoms with Crippen LogP contribution in [0.1, 0.15) is 25.0 Å². The molecule has 1 N–H and O–H groups in total. The van der Waals surface area contributed by atoms with Gasteiger partial charge in [-0.1, -0.05) is 6.07 Å². The van der Waals surface area contributed by atoms with Crippen LogP contribution >= 0.6 is 0 Å². The normalized spacial score (nSPS) is 11.7. The number of ether oxygens (including phenoxy) is 1. The number of alkyl halides is 3. The van der Waals surface area contributed by atoms with Crippen molar-refractivity contribution in [2.75, 3.05) is 11.9 Å². The van der Waals surface area contributed by atoms with Crippen molar-refractivity contribution in [2.45, 2.75) is 33.1 Å². The van der Waals surface area contributed by atoms with Gasteiger partial charge < -0.3 is 10.1 Å². The third kappa shape index (κ3) is 4.90. The number of nitrogens with one attached hydrogen (secondary N) is 1. The number of benzene rings is 1. The average molecular weight is 275 g/mol. The molecule has 1 aromatic rings. The van der Waals surface area contributed by atoms with Gasteiger partial charge in [0, 0.05) is 5.69 Å². The van der Waals surface area contributed by atoms with Gasteiger partial charge in [-0.25, -0.2) is 0 Å². The quantitative estimate of drug-likeness (QED) is 0.914. The minimum absolute atomic E-state index is 0.107. The highest BCUT2D eigenvalue weighted by Crippen LogP contribution is 2.33. The highest BCUT2D eigenvalue weighted by atomic mass is 19.4. The van der Waals surface area contributed by atoms with Crippen LogP contribution in [0.4, 0.5) is 18.9 Å². The molecule has 0 bridgehead atoms. The van der Waals surface area contributed by atoms with Crippen molar-refractivity contribution in [3.63, 3.8) is 0 Å². The zero-order valence-electron chi connectivity index (χ0n) is 11.0. The molecule has 0 aliphatic rings. The molecule has 1 amide bonds. The molecule has 6 heteroatoms. The Kier molecular flexibility index (Phi) is 4.94. The number of anilines is 1. The van der Waals surface area contributed by atoms with Gasteiger partial charge in [0.15, 0.2) is 0 Å². The van der Waals surface area contributed by atoms with Crippen molar-refractivity contribution in [1.29, 1.82) is 0 Å². The highest BCUT2D eigenvalue weighted by molar-refractivity contribution is 5.91. The minimum atomic E-state index is -4.43. The Hall–Kier alpha value is -1.56. The van der Waals surface area contributed by atoms with Crippen LogP contribution in [-0.2, 0) is 15.7 Å². The van der Waals surface area contributed by atoms with Gasteiger partial charge in [-0.05, 0) is 38.5 Å². The summed E-state index contributed by atoms with van der Waals surface area (Å²) in [4.78, 5) is 11.4. The fourth-order valence-corrected chi connectivity index (χ4v) is 1.44. The maximum Gasteiger partial charge on any atom is 0.416 e. The predicted molar refractivity (Wildman–Crippen MR) is 65.9 cm³/mol.